The molecule has 0 bridgehead atoms. The van der Waals surface area contributed by atoms with Crippen LogP contribution in [0.5, 0.6) is 0 Å². The zero-order valence-electron chi connectivity index (χ0n) is 29.0. The molecule has 5 rings (SSSR count). The number of piperidine rings is 1. The molecule has 9 nitrogen and oxygen atoms in total. The van der Waals surface area contributed by atoms with E-state index in [1.807, 2.05) is 32.4 Å². The highest BCUT2D eigenvalue weighted by atomic mass is 16.2. The lowest BCUT2D eigenvalue weighted by Crippen LogP contribution is -2.61. The monoisotopic (exact) mass is 632 g/mol. The quantitative estimate of drug-likeness (QED) is 0.352. The molecule has 1 spiro atoms. The second-order valence-corrected chi connectivity index (χ2v) is 14.6. The molecule has 3 aliphatic rings. The minimum absolute atomic E-state index is 0.0254. The maximum absolute atomic E-state index is 14.1. The molecule has 2 aliphatic carbocycles. The third-order valence-corrected chi connectivity index (χ3v) is 11.8. The van der Waals surface area contributed by atoms with E-state index in [4.69, 9.17) is 0 Å². The van der Waals surface area contributed by atoms with E-state index in [0.29, 0.717) is 18.2 Å². The Bertz CT molecular complexity index is 1380. The number of carbonyl (C=O) groups is 3. The molecule has 9 heteroatoms. The molecule has 2 aromatic rings. The van der Waals surface area contributed by atoms with Crippen molar-refractivity contribution < 1.29 is 14.4 Å². The lowest BCUT2D eigenvalue weighted by atomic mass is 9.59. The number of anilines is 1. The van der Waals surface area contributed by atoms with Gasteiger partial charge >= 0.3 is 0 Å². The number of nitrogens with one attached hydrogen (secondary N) is 3. The Labute approximate surface area is 275 Å². The molecule has 3 amide bonds. The summed E-state index contributed by atoms with van der Waals surface area (Å²) in [5, 5.41) is 14.0. The van der Waals surface area contributed by atoms with Gasteiger partial charge in [-0.25, -0.2) is 0 Å². The van der Waals surface area contributed by atoms with Gasteiger partial charge in [0.2, 0.25) is 11.8 Å². The first-order valence-electron chi connectivity index (χ1n) is 17.7. The van der Waals surface area contributed by atoms with Crippen LogP contribution in [0.2, 0.25) is 0 Å². The summed E-state index contributed by atoms with van der Waals surface area (Å²) < 4.78 is 1.78. The lowest BCUT2D eigenvalue weighted by Gasteiger charge is -2.51. The number of aromatic nitrogens is 2. The van der Waals surface area contributed by atoms with Crippen molar-refractivity contribution >= 4 is 23.4 Å². The molecular weight excluding hydrogens is 576 g/mol. The first-order chi connectivity index (χ1) is 22.0. The van der Waals surface area contributed by atoms with Crippen molar-refractivity contribution in [1.82, 2.24) is 25.7 Å². The highest BCUT2D eigenvalue weighted by Crippen LogP contribution is 2.48. The fourth-order valence-electron chi connectivity index (χ4n) is 8.81. The molecule has 46 heavy (non-hydrogen) atoms. The van der Waals surface area contributed by atoms with Gasteiger partial charge in [-0.1, -0.05) is 45.4 Å². The van der Waals surface area contributed by atoms with E-state index in [2.05, 4.69) is 52.9 Å². The molecule has 252 valence electrons. The van der Waals surface area contributed by atoms with Crippen LogP contribution in [0, 0.1) is 24.2 Å². The standard InChI is InChI=1S/C37H56N6O3/c1-24-32(35(45)38-22-33-25(2)37(26(3)40-36(33)46)17-11-9-7-8-10-12-18-37)19-28(29-21-39-42(5)23-29)20-34(24)43(6)31-15-13-30(14-16-31)41-27(4)44/h19-21,23,25-26,30-31,33H,7-18,22H2,1-6H3,(H,38,45)(H,40,46)(H,41,44). The number of hydrogen-bond donors (Lipinski definition) is 3. The van der Waals surface area contributed by atoms with Gasteiger partial charge in [-0.2, -0.15) is 5.10 Å². The SMILES string of the molecule is CC(=O)NC1CCC(N(C)c2cc(-c3cnn(C)c3)cc(C(=O)NCC3C(=O)NC(C)C4(CCCCCCCC4)C3C)c2C)CC1. The van der Waals surface area contributed by atoms with Crippen LogP contribution in [0.15, 0.2) is 24.5 Å². The van der Waals surface area contributed by atoms with Crippen LogP contribution < -0.4 is 20.9 Å². The van der Waals surface area contributed by atoms with Crippen LogP contribution in [-0.4, -0.2) is 59.2 Å². The van der Waals surface area contributed by atoms with E-state index < -0.39 is 0 Å². The van der Waals surface area contributed by atoms with E-state index in [-0.39, 0.29) is 47.1 Å². The van der Waals surface area contributed by atoms with Crippen LogP contribution in [0.25, 0.3) is 11.1 Å². The molecule has 1 aliphatic heterocycles. The third kappa shape index (κ3) is 7.28. The van der Waals surface area contributed by atoms with Gasteiger partial charge in [0.15, 0.2) is 0 Å². The van der Waals surface area contributed by atoms with Crippen molar-refractivity contribution in [2.24, 2.45) is 24.3 Å². The Morgan fingerprint density at radius 3 is 2.28 bits per heavy atom. The van der Waals surface area contributed by atoms with Crippen LogP contribution in [0.1, 0.15) is 114 Å². The predicted octanol–water partition coefficient (Wildman–Crippen LogP) is 5.90. The molecule has 3 unspecified atom stereocenters. The van der Waals surface area contributed by atoms with Gasteiger partial charge in [-0.05, 0) is 87.0 Å². The summed E-state index contributed by atoms with van der Waals surface area (Å²) in [6.07, 6.45) is 17.4. The van der Waals surface area contributed by atoms with Gasteiger partial charge in [0, 0.05) is 68.7 Å². The van der Waals surface area contributed by atoms with Gasteiger partial charge < -0.3 is 20.9 Å². The molecule has 3 N–H and O–H groups in total. The van der Waals surface area contributed by atoms with E-state index >= 15 is 0 Å². The topological polar surface area (TPSA) is 108 Å². The van der Waals surface area contributed by atoms with Crippen LogP contribution in [-0.2, 0) is 16.6 Å². The van der Waals surface area contributed by atoms with Gasteiger partial charge in [0.05, 0.1) is 12.1 Å². The number of rotatable bonds is 7. The zero-order valence-corrected chi connectivity index (χ0v) is 29.0. The highest BCUT2D eigenvalue weighted by molar-refractivity contribution is 5.99. The van der Waals surface area contributed by atoms with Crippen LogP contribution >= 0.6 is 0 Å². The lowest BCUT2D eigenvalue weighted by molar-refractivity contribution is -0.137. The number of carbonyl (C=O) groups excluding carboxylic acids is 3. The average molecular weight is 633 g/mol. The van der Waals surface area contributed by atoms with Crippen LogP contribution in [0.3, 0.4) is 0 Å². The summed E-state index contributed by atoms with van der Waals surface area (Å²) in [7, 11) is 4.01. The molecule has 1 aromatic heterocycles. The van der Waals surface area contributed by atoms with Crippen molar-refractivity contribution in [3.63, 3.8) is 0 Å². The molecule has 1 aromatic carbocycles. The fourth-order valence-corrected chi connectivity index (χ4v) is 8.81. The molecule has 0 radical (unpaired) electrons. The zero-order chi connectivity index (χ0) is 33.0. The van der Waals surface area contributed by atoms with E-state index in [1.165, 1.54) is 38.5 Å². The Kier molecular flexibility index (Phi) is 10.8. The molecule has 3 fully saturated rings. The fraction of sp³-hybridized carbons (Fsp3) is 0.676. The molecular formula is C37H56N6O3. The summed E-state index contributed by atoms with van der Waals surface area (Å²) in [5.41, 5.74) is 4.55. The average Bonchev–Trinajstić information content (AvgIpc) is 3.50. The summed E-state index contributed by atoms with van der Waals surface area (Å²) in [6, 6.07) is 4.81. The van der Waals surface area contributed by atoms with Crippen molar-refractivity contribution in [3.8, 4) is 11.1 Å². The number of amides is 3. The number of aryl methyl sites for hydroxylation is 1. The minimum Gasteiger partial charge on any atom is -0.371 e. The third-order valence-electron chi connectivity index (χ3n) is 11.8. The van der Waals surface area contributed by atoms with E-state index in [9.17, 15) is 14.4 Å². The van der Waals surface area contributed by atoms with Crippen molar-refractivity contribution in [1.29, 1.82) is 0 Å². The largest absolute Gasteiger partial charge is 0.371 e. The summed E-state index contributed by atoms with van der Waals surface area (Å²) in [5.74, 6) is -0.135. The summed E-state index contributed by atoms with van der Waals surface area (Å²) >= 11 is 0. The molecule has 3 atom stereocenters. The van der Waals surface area contributed by atoms with Gasteiger partial charge in [0.1, 0.15) is 0 Å². The number of hydrogen-bond acceptors (Lipinski definition) is 5. The normalized spacial score (nSPS) is 26.7. The van der Waals surface area contributed by atoms with Crippen LogP contribution in [0.4, 0.5) is 5.69 Å². The maximum Gasteiger partial charge on any atom is 0.251 e. The molecule has 2 heterocycles. The maximum atomic E-state index is 14.1. The van der Waals surface area contributed by atoms with Crippen molar-refractivity contribution in [2.45, 2.75) is 123 Å². The molecule has 1 saturated heterocycles. The smallest absolute Gasteiger partial charge is 0.251 e. The van der Waals surface area contributed by atoms with Crippen molar-refractivity contribution in [2.75, 3.05) is 18.5 Å². The van der Waals surface area contributed by atoms with E-state index in [1.54, 1.807) is 11.6 Å². The van der Waals surface area contributed by atoms with Gasteiger partial charge in [0.25, 0.3) is 5.91 Å². The first-order valence-corrected chi connectivity index (χ1v) is 17.7. The summed E-state index contributed by atoms with van der Waals surface area (Å²) in [4.78, 5) is 41.4. The number of benzene rings is 1. The van der Waals surface area contributed by atoms with Gasteiger partial charge in [-0.15, -0.1) is 0 Å². The number of nitrogens with zero attached hydrogens (tertiary/aromatic N) is 3. The van der Waals surface area contributed by atoms with E-state index in [0.717, 1.165) is 60.9 Å². The highest BCUT2D eigenvalue weighted by Gasteiger charge is 2.50. The predicted molar refractivity (Wildman–Crippen MR) is 184 cm³/mol. The molecule has 2 saturated carbocycles. The Hall–Kier alpha value is -3.36. The second-order valence-electron chi connectivity index (χ2n) is 14.6. The Morgan fingerprint density at radius 2 is 1.67 bits per heavy atom. The summed E-state index contributed by atoms with van der Waals surface area (Å²) in [6.45, 7) is 8.39. The van der Waals surface area contributed by atoms with Gasteiger partial charge in [-0.3, -0.25) is 19.1 Å². The Balaban J connectivity index is 1.37. The first kappa shape index (κ1) is 34.0. The van der Waals surface area contributed by atoms with Crippen molar-refractivity contribution in [3.05, 3.63) is 35.7 Å². The second kappa shape index (κ2) is 14.6. The Morgan fingerprint density at radius 1 is 1.02 bits per heavy atom. The minimum atomic E-state index is -0.261.